The van der Waals surface area contributed by atoms with Gasteiger partial charge in [-0.3, -0.25) is 4.79 Å². The first-order valence-electron chi connectivity index (χ1n) is 10.5. The Bertz CT molecular complexity index is 841. The first-order valence-corrected chi connectivity index (χ1v) is 10.5. The van der Waals surface area contributed by atoms with Crippen molar-refractivity contribution >= 4 is 17.4 Å². The molecule has 2 aromatic rings. The largest absolute Gasteiger partial charge is 0.368 e. The van der Waals surface area contributed by atoms with E-state index >= 15 is 0 Å². The van der Waals surface area contributed by atoms with Crippen molar-refractivity contribution in [2.24, 2.45) is 0 Å². The number of rotatable bonds is 3. The molecule has 1 amide bonds. The van der Waals surface area contributed by atoms with E-state index in [0.717, 1.165) is 50.5 Å². The van der Waals surface area contributed by atoms with E-state index in [1.54, 1.807) is 12.1 Å². The molecule has 0 atom stereocenters. The molecule has 0 spiro atoms. The molecule has 0 radical (unpaired) electrons. The predicted octanol–water partition coefficient (Wildman–Crippen LogP) is 3.27. The fourth-order valence-corrected chi connectivity index (χ4v) is 4.10. The summed E-state index contributed by atoms with van der Waals surface area (Å²) in [5.74, 6) is 1.24. The second-order valence-electron chi connectivity index (χ2n) is 7.82. The minimum Gasteiger partial charge on any atom is -0.368 e. The third-order valence-corrected chi connectivity index (χ3v) is 5.73. The van der Waals surface area contributed by atoms with Crippen LogP contribution in [-0.2, 0) is 0 Å². The van der Waals surface area contributed by atoms with Crippen molar-refractivity contribution in [3.63, 3.8) is 0 Å². The SMILES string of the molecule is Cc1nc(C(=O)N2CCN(c3ccc(F)cc3)CC2)cc(N2CCCCCC2)n1. The molecular weight excluding hydrogens is 369 g/mol. The zero-order chi connectivity index (χ0) is 20.2. The lowest BCUT2D eigenvalue weighted by atomic mass is 10.2. The van der Waals surface area contributed by atoms with E-state index in [1.165, 1.54) is 25.0 Å². The minimum absolute atomic E-state index is 0.0367. The highest BCUT2D eigenvalue weighted by atomic mass is 19.1. The van der Waals surface area contributed by atoms with Gasteiger partial charge in [-0.25, -0.2) is 14.4 Å². The summed E-state index contributed by atoms with van der Waals surface area (Å²) >= 11 is 0. The van der Waals surface area contributed by atoms with Crippen LogP contribution in [0.1, 0.15) is 42.0 Å². The molecule has 2 saturated heterocycles. The summed E-state index contributed by atoms with van der Waals surface area (Å²) in [5.41, 5.74) is 1.46. The lowest BCUT2D eigenvalue weighted by molar-refractivity contribution is 0.0740. The van der Waals surface area contributed by atoms with Gasteiger partial charge in [0.1, 0.15) is 23.2 Å². The quantitative estimate of drug-likeness (QED) is 0.796. The third-order valence-electron chi connectivity index (χ3n) is 5.73. The normalized spacial score (nSPS) is 17.9. The maximum absolute atomic E-state index is 13.1. The van der Waals surface area contributed by atoms with Gasteiger partial charge in [-0.2, -0.15) is 0 Å². The Morgan fingerprint density at radius 2 is 1.52 bits per heavy atom. The topological polar surface area (TPSA) is 52.6 Å². The van der Waals surface area contributed by atoms with Crippen molar-refractivity contribution in [1.29, 1.82) is 0 Å². The monoisotopic (exact) mass is 397 g/mol. The third kappa shape index (κ3) is 4.66. The molecule has 2 fully saturated rings. The van der Waals surface area contributed by atoms with Gasteiger partial charge in [0.05, 0.1) is 0 Å². The van der Waals surface area contributed by atoms with Gasteiger partial charge >= 0.3 is 0 Å². The van der Waals surface area contributed by atoms with Crippen molar-refractivity contribution in [2.45, 2.75) is 32.6 Å². The Morgan fingerprint density at radius 1 is 0.862 bits per heavy atom. The second kappa shape index (κ2) is 8.76. The highest BCUT2D eigenvalue weighted by Crippen LogP contribution is 2.21. The number of carbonyl (C=O) groups excluding carboxylic acids is 1. The van der Waals surface area contributed by atoms with Gasteiger partial charge < -0.3 is 14.7 Å². The Hall–Kier alpha value is -2.70. The van der Waals surface area contributed by atoms with Crippen molar-refractivity contribution < 1.29 is 9.18 Å². The van der Waals surface area contributed by atoms with Gasteiger partial charge in [0.25, 0.3) is 5.91 Å². The van der Waals surface area contributed by atoms with Crippen LogP contribution in [0.4, 0.5) is 15.9 Å². The van der Waals surface area contributed by atoms with Gasteiger partial charge in [-0.1, -0.05) is 12.8 Å². The molecule has 6 nitrogen and oxygen atoms in total. The van der Waals surface area contributed by atoms with E-state index in [0.29, 0.717) is 24.6 Å². The number of piperazine rings is 1. The first-order chi connectivity index (χ1) is 14.1. The molecule has 2 aliphatic heterocycles. The average Bonchev–Trinajstić information content (AvgIpc) is 3.03. The number of anilines is 2. The first kappa shape index (κ1) is 19.6. The van der Waals surface area contributed by atoms with Crippen LogP contribution in [0.3, 0.4) is 0 Å². The van der Waals surface area contributed by atoms with Crippen molar-refractivity contribution in [3.05, 3.63) is 47.7 Å². The van der Waals surface area contributed by atoms with Crippen LogP contribution in [0, 0.1) is 12.7 Å². The summed E-state index contributed by atoms with van der Waals surface area (Å²) in [6.07, 6.45) is 4.84. The molecular formula is C22H28FN5O. The predicted molar refractivity (Wildman–Crippen MR) is 112 cm³/mol. The summed E-state index contributed by atoms with van der Waals surface area (Å²) in [6, 6.07) is 8.37. The van der Waals surface area contributed by atoms with Gasteiger partial charge in [-0.05, 0) is 44.0 Å². The highest BCUT2D eigenvalue weighted by molar-refractivity contribution is 5.93. The van der Waals surface area contributed by atoms with Crippen molar-refractivity contribution in [1.82, 2.24) is 14.9 Å². The van der Waals surface area contributed by atoms with Crippen LogP contribution in [0.15, 0.2) is 30.3 Å². The summed E-state index contributed by atoms with van der Waals surface area (Å²) < 4.78 is 13.1. The molecule has 0 aliphatic carbocycles. The molecule has 3 heterocycles. The smallest absolute Gasteiger partial charge is 0.272 e. The molecule has 2 aliphatic rings. The lowest BCUT2D eigenvalue weighted by Crippen LogP contribution is -2.49. The zero-order valence-electron chi connectivity index (χ0n) is 17.0. The number of amides is 1. The van der Waals surface area contributed by atoms with E-state index in [4.69, 9.17) is 0 Å². The zero-order valence-corrected chi connectivity index (χ0v) is 17.0. The van der Waals surface area contributed by atoms with Crippen LogP contribution in [0.25, 0.3) is 0 Å². The van der Waals surface area contributed by atoms with E-state index in [1.807, 2.05) is 17.9 Å². The number of aromatic nitrogens is 2. The van der Waals surface area contributed by atoms with E-state index in [2.05, 4.69) is 19.8 Å². The molecule has 0 unspecified atom stereocenters. The van der Waals surface area contributed by atoms with Gasteiger partial charge in [-0.15, -0.1) is 0 Å². The van der Waals surface area contributed by atoms with Crippen molar-refractivity contribution in [3.8, 4) is 0 Å². The second-order valence-corrected chi connectivity index (χ2v) is 7.82. The number of benzene rings is 1. The van der Waals surface area contributed by atoms with Gasteiger partial charge in [0.15, 0.2) is 0 Å². The molecule has 7 heteroatoms. The number of aryl methyl sites for hydroxylation is 1. The number of hydrogen-bond donors (Lipinski definition) is 0. The van der Waals surface area contributed by atoms with E-state index in [9.17, 15) is 9.18 Å². The van der Waals surface area contributed by atoms with Crippen LogP contribution in [0.2, 0.25) is 0 Å². The van der Waals surface area contributed by atoms with Crippen molar-refractivity contribution in [2.75, 3.05) is 49.1 Å². The van der Waals surface area contributed by atoms with E-state index in [-0.39, 0.29) is 11.7 Å². The Kier molecular flexibility index (Phi) is 5.92. The fourth-order valence-electron chi connectivity index (χ4n) is 4.10. The molecule has 0 saturated carbocycles. The van der Waals surface area contributed by atoms with Crippen LogP contribution >= 0.6 is 0 Å². The Labute approximate surface area is 171 Å². The summed E-state index contributed by atoms with van der Waals surface area (Å²) in [7, 11) is 0. The molecule has 154 valence electrons. The number of nitrogens with zero attached hydrogens (tertiary/aromatic N) is 5. The number of carbonyl (C=O) groups is 1. The molecule has 29 heavy (non-hydrogen) atoms. The van der Waals surface area contributed by atoms with E-state index < -0.39 is 0 Å². The summed E-state index contributed by atoms with van der Waals surface area (Å²) in [6.45, 7) is 6.52. The number of halogens is 1. The Morgan fingerprint density at radius 3 is 2.17 bits per heavy atom. The standard InChI is InChI=1S/C22H28FN5O/c1-17-24-20(16-21(25-17)27-10-4-2-3-5-11-27)22(29)28-14-12-26(13-15-28)19-8-6-18(23)7-9-19/h6-9,16H,2-5,10-15H2,1H3. The molecule has 4 rings (SSSR count). The maximum atomic E-state index is 13.1. The number of hydrogen-bond acceptors (Lipinski definition) is 5. The average molecular weight is 397 g/mol. The summed E-state index contributed by atoms with van der Waals surface area (Å²) in [5, 5.41) is 0. The maximum Gasteiger partial charge on any atom is 0.272 e. The molecule has 0 N–H and O–H groups in total. The van der Waals surface area contributed by atoms with Crippen LogP contribution in [-0.4, -0.2) is 60.0 Å². The minimum atomic E-state index is -0.234. The fraction of sp³-hybridized carbons (Fsp3) is 0.500. The molecule has 1 aromatic heterocycles. The van der Waals surface area contributed by atoms with Gasteiger partial charge in [0, 0.05) is 51.0 Å². The molecule has 1 aromatic carbocycles. The lowest BCUT2D eigenvalue weighted by Gasteiger charge is -2.36. The summed E-state index contributed by atoms with van der Waals surface area (Å²) in [4.78, 5) is 28.4. The van der Waals surface area contributed by atoms with Gasteiger partial charge in [0.2, 0.25) is 0 Å². The highest BCUT2D eigenvalue weighted by Gasteiger charge is 2.24. The van der Waals surface area contributed by atoms with Crippen LogP contribution < -0.4 is 9.80 Å². The van der Waals surface area contributed by atoms with Crippen LogP contribution in [0.5, 0.6) is 0 Å². The molecule has 0 bridgehead atoms. The Balaban J connectivity index is 1.43.